The largest absolute Gasteiger partial charge is 0.444 e. The summed E-state index contributed by atoms with van der Waals surface area (Å²) in [5, 5.41) is 0.431. The van der Waals surface area contributed by atoms with Gasteiger partial charge in [0, 0.05) is 26.2 Å². The molecule has 1 saturated heterocycles. The molecule has 1 aliphatic rings. The van der Waals surface area contributed by atoms with E-state index in [0.717, 1.165) is 24.7 Å². The maximum Gasteiger partial charge on any atom is 0.410 e. The second-order valence-corrected chi connectivity index (χ2v) is 6.57. The number of hydrogen-bond acceptors (Lipinski definition) is 6. The van der Waals surface area contributed by atoms with Gasteiger partial charge >= 0.3 is 6.09 Å². The molecule has 0 aliphatic carbocycles. The van der Waals surface area contributed by atoms with Gasteiger partial charge in [0.05, 0.1) is 11.7 Å². The zero-order valence-corrected chi connectivity index (χ0v) is 13.5. The van der Waals surface area contributed by atoms with E-state index >= 15 is 0 Å². The Hall–Kier alpha value is -1.08. The molecule has 1 aromatic heterocycles. The van der Waals surface area contributed by atoms with Crippen molar-refractivity contribution in [3.63, 3.8) is 0 Å². The third-order valence-corrected chi connectivity index (χ3v) is 3.75. The van der Waals surface area contributed by atoms with Crippen molar-refractivity contribution in [2.45, 2.75) is 32.8 Å². The SMILES string of the molecule is CC(C)(C)OC(=O)N1CCCN(c2nsnc2Cl)CC1. The number of hydrogen-bond donors (Lipinski definition) is 0. The van der Waals surface area contributed by atoms with Crippen molar-refractivity contribution in [2.75, 3.05) is 31.1 Å². The minimum absolute atomic E-state index is 0.262. The molecule has 0 N–H and O–H groups in total. The lowest BCUT2D eigenvalue weighted by Gasteiger charge is -2.26. The van der Waals surface area contributed by atoms with Crippen LogP contribution in [0.1, 0.15) is 27.2 Å². The Morgan fingerprint density at radius 2 is 2.00 bits per heavy atom. The third-order valence-electron chi connectivity index (χ3n) is 2.88. The fraction of sp³-hybridized carbons (Fsp3) is 0.750. The van der Waals surface area contributed by atoms with Crippen LogP contribution in [0.5, 0.6) is 0 Å². The van der Waals surface area contributed by atoms with Crippen LogP contribution in [0, 0.1) is 0 Å². The number of nitrogens with zero attached hydrogens (tertiary/aromatic N) is 4. The highest BCUT2D eigenvalue weighted by Gasteiger charge is 2.25. The van der Waals surface area contributed by atoms with Crippen LogP contribution in [-0.2, 0) is 4.74 Å². The van der Waals surface area contributed by atoms with Crippen molar-refractivity contribution in [1.29, 1.82) is 0 Å². The van der Waals surface area contributed by atoms with Crippen LogP contribution >= 0.6 is 23.3 Å². The summed E-state index contributed by atoms with van der Waals surface area (Å²) < 4.78 is 13.6. The lowest BCUT2D eigenvalue weighted by atomic mass is 10.2. The Morgan fingerprint density at radius 1 is 1.25 bits per heavy atom. The van der Waals surface area contributed by atoms with Crippen LogP contribution in [0.2, 0.25) is 5.15 Å². The fourth-order valence-corrected chi connectivity index (χ4v) is 2.78. The Morgan fingerprint density at radius 3 is 2.60 bits per heavy atom. The number of carbonyl (C=O) groups is 1. The summed E-state index contributed by atoms with van der Waals surface area (Å²) in [7, 11) is 0. The van der Waals surface area contributed by atoms with E-state index in [1.165, 1.54) is 0 Å². The van der Waals surface area contributed by atoms with Gasteiger partial charge in [0.25, 0.3) is 0 Å². The molecule has 0 aromatic carbocycles. The molecule has 1 aliphatic heterocycles. The summed E-state index contributed by atoms with van der Waals surface area (Å²) in [6.45, 7) is 8.39. The van der Waals surface area contributed by atoms with Crippen molar-refractivity contribution in [3.8, 4) is 0 Å². The molecular weight excluding hydrogens is 300 g/mol. The Balaban J connectivity index is 1.96. The van der Waals surface area contributed by atoms with E-state index in [1.54, 1.807) is 4.90 Å². The van der Waals surface area contributed by atoms with Crippen LogP contribution < -0.4 is 4.90 Å². The minimum Gasteiger partial charge on any atom is -0.444 e. The topological polar surface area (TPSA) is 58.6 Å². The van der Waals surface area contributed by atoms with Crippen molar-refractivity contribution in [2.24, 2.45) is 0 Å². The van der Waals surface area contributed by atoms with E-state index in [4.69, 9.17) is 16.3 Å². The maximum atomic E-state index is 12.1. The van der Waals surface area contributed by atoms with E-state index in [1.807, 2.05) is 20.8 Å². The summed E-state index contributed by atoms with van der Waals surface area (Å²) in [6.07, 6.45) is 0.592. The van der Waals surface area contributed by atoms with Gasteiger partial charge in [-0.25, -0.2) is 4.79 Å². The standard InChI is InChI=1S/C12H19ClN4O2S/c1-12(2,3)19-11(18)17-6-4-5-16(7-8-17)10-9(13)14-20-15-10/h4-8H2,1-3H3. The Kier molecular flexibility index (Phi) is 4.70. The number of anilines is 1. The van der Waals surface area contributed by atoms with Gasteiger partial charge in [-0.15, -0.1) is 0 Å². The molecule has 0 bridgehead atoms. The highest BCUT2D eigenvalue weighted by atomic mass is 35.5. The average molecular weight is 319 g/mol. The zero-order valence-electron chi connectivity index (χ0n) is 11.9. The number of ether oxygens (including phenoxy) is 1. The summed E-state index contributed by atoms with van der Waals surface area (Å²) >= 11 is 7.11. The molecule has 112 valence electrons. The lowest BCUT2D eigenvalue weighted by molar-refractivity contribution is 0.0263. The molecule has 0 saturated carbocycles. The molecule has 2 heterocycles. The Labute approximate surface area is 128 Å². The first-order valence-electron chi connectivity index (χ1n) is 6.58. The number of halogens is 1. The van der Waals surface area contributed by atoms with Crippen LogP contribution in [0.25, 0.3) is 0 Å². The molecule has 1 amide bonds. The molecule has 2 rings (SSSR count). The second kappa shape index (κ2) is 6.13. The van der Waals surface area contributed by atoms with Crippen LogP contribution in [0.15, 0.2) is 0 Å². The molecule has 20 heavy (non-hydrogen) atoms. The molecule has 0 spiro atoms. The predicted molar refractivity (Wildman–Crippen MR) is 79.6 cm³/mol. The smallest absolute Gasteiger partial charge is 0.410 e. The lowest BCUT2D eigenvalue weighted by Crippen LogP contribution is -2.39. The highest BCUT2D eigenvalue weighted by Crippen LogP contribution is 2.24. The van der Waals surface area contributed by atoms with Crippen molar-refractivity contribution < 1.29 is 9.53 Å². The quantitative estimate of drug-likeness (QED) is 0.796. The van der Waals surface area contributed by atoms with Gasteiger partial charge in [-0.3, -0.25) is 0 Å². The van der Waals surface area contributed by atoms with E-state index < -0.39 is 5.60 Å². The molecule has 8 heteroatoms. The monoisotopic (exact) mass is 318 g/mol. The summed E-state index contributed by atoms with van der Waals surface area (Å²) in [5.41, 5.74) is -0.467. The zero-order chi connectivity index (χ0) is 14.8. The number of rotatable bonds is 1. The van der Waals surface area contributed by atoms with Crippen LogP contribution in [-0.4, -0.2) is 51.5 Å². The fourth-order valence-electron chi connectivity index (χ4n) is 2.00. The first-order valence-corrected chi connectivity index (χ1v) is 7.68. The predicted octanol–water partition coefficient (Wildman–Crippen LogP) is 2.64. The van der Waals surface area contributed by atoms with Crippen LogP contribution in [0.3, 0.4) is 0 Å². The number of aromatic nitrogens is 2. The van der Waals surface area contributed by atoms with Gasteiger partial charge in [0.15, 0.2) is 11.0 Å². The first kappa shape index (κ1) is 15.3. The van der Waals surface area contributed by atoms with Crippen molar-refractivity contribution >= 4 is 35.2 Å². The Bertz CT molecular complexity index is 474. The summed E-state index contributed by atoms with van der Waals surface area (Å²) in [5.74, 6) is 0.711. The van der Waals surface area contributed by atoms with E-state index in [-0.39, 0.29) is 6.09 Å². The highest BCUT2D eigenvalue weighted by molar-refractivity contribution is 6.99. The molecule has 0 atom stereocenters. The van der Waals surface area contributed by atoms with Crippen molar-refractivity contribution in [3.05, 3.63) is 5.15 Å². The molecule has 0 radical (unpaired) electrons. The molecule has 6 nitrogen and oxygen atoms in total. The van der Waals surface area contributed by atoms with Crippen LogP contribution in [0.4, 0.5) is 10.6 Å². The summed E-state index contributed by atoms with van der Waals surface area (Å²) in [4.78, 5) is 15.9. The molecule has 1 aromatic rings. The maximum absolute atomic E-state index is 12.1. The number of amides is 1. The van der Waals surface area contributed by atoms with E-state index in [2.05, 4.69) is 13.6 Å². The first-order chi connectivity index (χ1) is 9.37. The molecule has 0 unspecified atom stereocenters. The van der Waals surface area contributed by atoms with Gasteiger partial charge in [-0.05, 0) is 27.2 Å². The molecular formula is C12H19ClN4O2S. The van der Waals surface area contributed by atoms with Gasteiger partial charge in [-0.1, -0.05) is 11.6 Å². The van der Waals surface area contributed by atoms with Crippen molar-refractivity contribution in [1.82, 2.24) is 13.6 Å². The second-order valence-electron chi connectivity index (χ2n) is 5.69. The number of carbonyl (C=O) groups excluding carboxylic acids is 1. The van der Waals surface area contributed by atoms with Gasteiger partial charge in [0.2, 0.25) is 0 Å². The van der Waals surface area contributed by atoms with E-state index in [9.17, 15) is 4.79 Å². The van der Waals surface area contributed by atoms with Gasteiger partial charge in [-0.2, -0.15) is 8.75 Å². The van der Waals surface area contributed by atoms with E-state index in [0.29, 0.717) is 30.6 Å². The average Bonchev–Trinajstić information content (AvgIpc) is 2.62. The minimum atomic E-state index is -0.467. The van der Waals surface area contributed by atoms with Gasteiger partial charge < -0.3 is 14.5 Å². The summed E-state index contributed by atoms with van der Waals surface area (Å²) in [6, 6.07) is 0. The normalized spacial score (nSPS) is 17.0. The van der Waals surface area contributed by atoms with Gasteiger partial charge in [0.1, 0.15) is 5.60 Å². The third kappa shape index (κ3) is 3.96. The molecule has 1 fully saturated rings.